The van der Waals surface area contributed by atoms with Crippen molar-refractivity contribution < 1.29 is 18.0 Å². The number of amides is 1. The molecule has 24 heavy (non-hydrogen) atoms. The van der Waals surface area contributed by atoms with Gasteiger partial charge in [0.2, 0.25) is 5.91 Å². The van der Waals surface area contributed by atoms with Crippen LogP contribution in [-0.2, 0) is 17.5 Å². The molecule has 0 unspecified atom stereocenters. The summed E-state index contributed by atoms with van der Waals surface area (Å²) < 4.78 is 39.9. The molecule has 1 heterocycles. The maximum Gasteiger partial charge on any atom is 0.418 e. The first-order valence-electron chi connectivity index (χ1n) is 7.22. The second kappa shape index (κ2) is 8.13. The number of hydrogen-bond donors (Lipinski definition) is 1. The number of anilines is 1. The van der Waals surface area contributed by atoms with Crippen molar-refractivity contribution in [1.29, 1.82) is 0 Å². The molecular formula is C16H16BrF3N2OS. The molecular weight excluding hydrogens is 405 g/mol. The van der Waals surface area contributed by atoms with Gasteiger partial charge < -0.3 is 5.32 Å². The van der Waals surface area contributed by atoms with Crippen LogP contribution in [0.25, 0.3) is 0 Å². The van der Waals surface area contributed by atoms with Gasteiger partial charge in [0, 0.05) is 11.4 Å². The summed E-state index contributed by atoms with van der Waals surface area (Å²) in [6.07, 6.45) is -4.50. The summed E-state index contributed by atoms with van der Waals surface area (Å²) in [7, 11) is 0. The lowest BCUT2D eigenvalue weighted by Crippen LogP contribution is -2.33. The van der Waals surface area contributed by atoms with E-state index in [0.29, 0.717) is 13.1 Å². The Kier molecular flexibility index (Phi) is 6.42. The molecule has 1 N–H and O–H groups in total. The number of carbonyl (C=O) groups is 1. The molecule has 1 aromatic heterocycles. The second-order valence-corrected chi connectivity index (χ2v) is 7.65. The number of halogens is 4. The van der Waals surface area contributed by atoms with E-state index in [1.165, 1.54) is 18.2 Å². The van der Waals surface area contributed by atoms with Crippen molar-refractivity contribution in [2.75, 3.05) is 18.4 Å². The van der Waals surface area contributed by atoms with Crippen LogP contribution in [0.1, 0.15) is 17.4 Å². The minimum Gasteiger partial charge on any atom is -0.324 e. The maximum absolute atomic E-state index is 13.0. The highest BCUT2D eigenvalue weighted by Crippen LogP contribution is 2.34. The smallest absolute Gasteiger partial charge is 0.324 e. The number of nitrogens with one attached hydrogen (secondary N) is 1. The van der Waals surface area contributed by atoms with E-state index in [0.717, 1.165) is 14.7 Å². The van der Waals surface area contributed by atoms with Crippen LogP contribution in [0.3, 0.4) is 0 Å². The van der Waals surface area contributed by atoms with E-state index in [1.54, 1.807) is 11.3 Å². The average Bonchev–Trinajstić information content (AvgIpc) is 2.91. The van der Waals surface area contributed by atoms with Gasteiger partial charge in [-0.05, 0) is 46.7 Å². The van der Waals surface area contributed by atoms with Crippen molar-refractivity contribution in [3.63, 3.8) is 0 Å². The first-order valence-corrected chi connectivity index (χ1v) is 8.83. The van der Waals surface area contributed by atoms with E-state index in [4.69, 9.17) is 0 Å². The zero-order chi connectivity index (χ0) is 17.7. The van der Waals surface area contributed by atoms with Gasteiger partial charge in [0.05, 0.1) is 21.6 Å². The predicted octanol–water partition coefficient (Wildman–Crippen LogP) is 4.99. The van der Waals surface area contributed by atoms with Gasteiger partial charge in [0.1, 0.15) is 0 Å². The lowest BCUT2D eigenvalue weighted by Gasteiger charge is -2.20. The summed E-state index contributed by atoms with van der Waals surface area (Å²) in [5.41, 5.74) is -1.06. The minimum absolute atomic E-state index is 0.0260. The molecule has 0 saturated heterocycles. The fourth-order valence-corrected chi connectivity index (χ4v) is 3.69. The molecule has 8 heteroatoms. The first kappa shape index (κ1) is 19.0. The molecule has 0 aliphatic carbocycles. The molecule has 0 saturated carbocycles. The van der Waals surface area contributed by atoms with E-state index in [2.05, 4.69) is 21.2 Å². The van der Waals surface area contributed by atoms with Gasteiger partial charge in [-0.2, -0.15) is 13.2 Å². The molecule has 2 aromatic rings. The average molecular weight is 421 g/mol. The van der Waals surface area contributed by atoms with E-state index < -0.39 is 17.6 Å². The van der Waals surface area contributed by atoms with E-state index in [-0.39, 0.29) is 12.2 Å². The monoisotopic (exact) mass is 420 g/mol. The number of para-hydroxylation sites is 1. The van der Waals surface area contributed by atoms with Crippen LogP contribution in [0.2, 0.25) is 0 Å². The van der Waals surface area contributed by atoms with Crippen LogP contribution < -0.4 is 5.32 Å². The number of carbonyl (C=O) groups excluding carboxylic acids is 1. The van der Waals surface area contributed by atoms with Crippen molar-refractivity contribution in [1.82, 2.24) is 4.90 Å². The van der Waals surface area contributed by atoms with Crippen molar-refractivity contribution in [3.05, 3.63) is 50.6 Å². The molecule has 1 aromatic carbocycles. The fourth-order valence-electron chi connectivity index (χ4n) is 2.17. The predicted molar refractivity (Wildman–Crippen MR) is 93.0 cm³/mol. The van der Waals surface area contributed by atoms with Crippen LogP contribution in [0, 0.1) is 0 Å². The molecule has 0 atom stereocenters. The van der Waals surface area contributed by atoms with Gasteiger partial charge in [-0.3, -0.25) is 9.69 Å². The molecule has 2 rings (SSSR count). The summed E-state index contributed by atoms with van der Waals surface area (Å²) in [4.78, 5) is 15.1. The topological polar surface area (TPSA) is 32.3 Å². The standard InChI is InChI=1S/C16H16BrF3N2OS/c1-2-22(9-11-7-8-14(17)24-11)10-15(23)21-13-6-4-3-5-12(13)16(18,19)20/h3-8H,2,9-10H2,1H3,(H,21,23). The third-order valence-corrected chi connectivity index (χ3v) is 4.94. The van der Waals surface area contributed by atoms with Crippen LogP contribution in [0.15, 0.2) is 40.2 Å². The summed E-state index contributed by atoms with van der Waals surface area (Å²) in [6.45, 7) is 3.11. The Hall–Kier alpha value is -1.38. The highest BCUT2D eigenvalue weighted by atomic mass is 79.9. The van der Waals surface area contributed by atoms with Gasteiger partial charge in [-0.15, -0.1) is 11.3 Å². The zero-order valence-electron chi connectivity index (χ0n) is 12.9. The normalized spacial score (nSPS) is 11.8. The summed E-state index contributed by atoms with van der Waals surface area (Å²) >= 11 is 4.94. The highest BCUT2D eigenvalue weighted by molar-refractivity contribution is 9.11. The van der Waals surface area contributed by atoms with Crippen molar-refractivity contribution in [2.45, 2.75) is 19.6 Å². The van der Waals surface area contributed by atoms with Gasteiger partial charge >= 0.3 is 6.18 Å². The number of alkyl halides is 3. The number of hydrogen-bond acceptors (Lipinski definition) is 3. The molecule has 3 nitrogen and oxygen atoms in total. The van der Waals surface area contributed by atoms with Crippen LogP contribution in [0.5, 0.6) is 0 Å². The van der Waals surface area contributed by atoms with Crippen LogP contribution >= 0.6 is 27.3 Å². The molecule has 0 aliphatic rings. The summed E-state index contributed by atoms with van der Waals surface area (Å²) in [5.74, 6) is -0.468. The van der Waals surface area contributed by atoms with Gasteiger partial charge in [-0.25, -0.2) is 0 Å². The molecule has 0 fully saturated rings. The largest absolute Gasteiger partial charge is 0.418 e. The minimum atomic E-state index is -4.50. The Bertz CT molecular complexity index is 703. The Labute approximate surface area is 150 Å². The first-order chi connectivity index (χ1) is 11.3. The van der Waals surface area contributed by atoms with Crippen molar-refractivity contribution in [3.8, 4) is 0 Å². The third kappa shape index (κ3) is 5.32. The van der Waals surface area contributed by atoms with Gasteiger partial charge in [0.15, 0.2) is 0 Å². The van der Waals surface area contributed by atoms with Crippen LogP contribution in [0.4, 0.5) is 18.9 Å². The van der Waals surface area contributed by atoms with Crippen molar-refractivity contribution in [2.24, 2.45) is 0 Å². The van der Waals surface area contributed by atoms with Crippen molar-refractivity contribution >= 4 is 38.9 Å². The molecule has 0 radical (unpaired) electrons. The van der Waals surface area contributed by atoms with E-state index in [9.17, 15) is 18.0 Å². The lowest BCUT2D eigenvalue weighted by atomic mass is 10.1. The Balaban J connectivity index is 2.02. The highest BCUT2D eigenvalue weighted by Gasteiger charge is 2.33. The molecule has 0 aliphatic heterocycles. The number of thiophene rings is 1. The third-order valence-electron chi connectivity index (χ3n) is 3.33. The molecule has 1 amide bonds. The Morgan fingerprint density at radius 1 is 1.25 bits per heavy atom. The van der Waals surface area contributed by atoms with E-state index in [1.807, 2.05) is 24.0 Å². The molecule has 0 spiro atoms. The molecule has 130 valence electrons. The fraction of sp³-hybridized carbons (Fsp3) is 0.312. The lowest BCUT2D eigenvalue weighted by molar-refractivity contribution is -0.137. The zero-order valence-corrected chi connectivity index (χ0v) is 15.3. The van der Waals surface area contributed by atoms with Gasteiger partial charge in [-0.1, -0.05) is 19.1 Å². The molecule has 0 bridgehead atoms. The number of nitrogens with zero attached hydrogens (tertiary/aromatic N) is 1. The van der Waals surface area contributed by atoms with E-state index >= 15 is 0 Å². The summed E-state index contributed by atoms with van der Waals surface area (Å²) in [6, 6.07) is 8.85. The van der Waals surface area contributed by atoms with Gasteiger partial charge in [0.25, 0.3) is 0 Å². The number of likely N-dealkylation sites (N-methyl/N-ethyl adjacent to an activating group) is 1. The Morgan fingerprint density at radius 2 is 1.96 bits per heavy atom. The Morgan fingerprint density at radius 3 is 2.54 bits per heavy atom. The number of benzene rings is 1. The maximum atomic E-state index is 13.0. The summed E-state index contributed by atoms with van der Waals surface area (Å²) in [5, 5.41) is 2.37. The second-order valence-electron chi connectivity index (χ2n) is 5.10. The SMILES string of the molecule is CCN(CC(=O)Nc1ccccc1C(F)(F)F)Cc1ccc(Br)s1. The number of rotatable bonds is 6. The van der Waals surface area contributed by atoms with Crippen LogP contribution in [-0.4, -0.2) is 23.9 Å². The quantitative estimate of drug-likeness (QED) is 0.713.